The first-order valence-corrected chi connectivity index (χ1v) is 12.9. The molecule has 5 nitrogen and oxygen atoms in total. The molecule has 1 aliphatic carbocycles. The van der Waals surface area contributed by atoms with E-state index in [9.17, 15) is 18.0 Å². The zero-order valence-electron chi connectivity index (χ0n) is 21.3. The topological polar surface area (TPSA) is 38.8 Å². The van der Waals surface area contributed by atoms with Crippen LogP contribution in [0.25, 0.3) is 0 Å². The number of rotatable bonds is 11. The van der Waals surface area contributed by atoms with E-state index < -0.39 is 11.7 Å². The van der Waals surface area contributed by atoms with Gasteiger partial charge in [-0.15, -0.1) is 0 Å². The molecular formula is C28H37F3N4O. The lowest BCUT2D eigenvalue weighted by Gasteiger charge is -2.30. The van der Waals surface area contributed by atoms with Crippen LogP contribution in [0.5, 0.6) is 0 Å². The van der Waals surface area contributed by atoms with E-state index in [0.717, 1.165) is 50.3 Å². The summed E-state index contributed by atoms with van der Waals surface area (Å²) in [4.78, 5) is 19.4. The zero-order valence-corrected chi connectivity index (χ0v) is 21.3. The van der Waals surface area contributed by atoms with E-state index in [0.29, 0.717) is 13.1 Å². The van der Waals surface area contributed by atoms with Crippen LogP contribution in [-0.4, -0.2) is 66.9 Å². The summed E-state index contributed by atoms with van der Waals surface area (Å²) in [5, 5.41) is 3.31. The number of amides is 1. The number of nitrogens with zero attached hydrogens (tertiary/aromatic N) is 3. The highest BCUT2D eigenvalue weighted by molar-refractivity contribution is 5.81. The molecule has 0 aromatic heterocycles. The standard InChI is InChI=1S/C28H37F3N4O/c1-3-33(2)15-16-35(20-23-7-4-5-9-25(23)28(29,30)31)27(36)17-32-26-10-6-8-22-19-34(14-13-24(22)26)18-21-11-12-21/h4-10,21,32H,3,11-20H2,1-2H3. The van der Waals surface area contributed by atoms with Gasteiger partial charge in [-0.05, 0) is 67.6 Å². The molecule has 0 atom stereocenters. The summed E-state index contributed by atoms with van der Waals surface area (Å²) in [6, 6.07) is 11.7. The maximum Gasteiger partial charge on any atom is 0.416 e. The summed E-state index contributed by atoms with van der Waals surface area (Å²) in [5.74, 6) is 0.644. The number of hydrogen-bond acceptors (Lipinski definition) is 4. The molecule has 36 heavy (non-hydrogen) atoms. The molecule has 196 valence electrons. The van der Waals surface area contributed by atoms with Crippen molar-refractivity contribution >= 4 is 11.6 Å². The number of fused-ring (bicyclic) bond motifs is 1. The van der Waals surface area contributed by atoms with Gasteiger partial charge in [-0.25, -0.2) is 0 Å². The van der Waals surface area contributed by atoms with Gasteiger partial charge in [0.15, 0.2) is 0 Å². The summed E-state index contributed by atoms with van der Waals surface area (Å²) in [6.45, 7) is 6.84. The first kappa shape index (κ1) is 26.5. The molecule has 0 spiro atoms. The zero-order chi connectivity index (χ0) is 25.7. The van der Waals surface area contributed by atoms with E-state index in [1.165, 1.54) is 41.0 Å². The third-order valence-corrected chi connectivity index (χ3v) is 7.32. The first-order valence-electron chi connectivity index (χ1n) is 12.9. The van der Waals surface area contributed by atoms with Crippen LogP contribution in [0.3, 0.4) is 0 Å². The highest BCUT2D eigenvalue weighted by Crippen LogP contribution is 2.34. The van der Waals surface area contributed by atoms with Crippen LogP contribution in [-0.2, 0) is 30.5 Å². The number of hydrogen-bond donors (Lipinski definition) is 1. The summed E-state index contributed by atoms with van der Waals surface area (Å²) in [7, 11) is 1.94. The van der Waals surface area contributed by atoms with Crippen LogP contribution >= 0.6 is 0 Å². The number of benzene rings is 2. The maximum atomic E-state index is 13.6. The predicted octanol–water partition coefficient (Wildman–Crippen LogP) is 4.87. The van der Waals surface area contributed by atoms with E-state index in [-0.39, 0.29) is 24.6 Å². The molecule has 1 amide bonds. The Morgan fingerprint density at radius 3 is 2.61 bits per heavy atom. The average molecular weight is 503 g/mol. The lowest BCUT2D eigenvalue weighted by Crippen LogP contribution is -2.40. The second-order valence-electron chi connectivity index (χ2n) is 10.1. The number of alkyl halides is 3. The van der Waals surface area contributed by atoms with Crippen molar-refractivity contribution in [3.63, 3.8) is 0 Å². The van der Waals surface area contributed by atoms with Gasteiger partial charge in [0.1, 0.15) is 0 Å². The number of nitrogens with one attached hydrogen (secondary N) is 1. The highest BCUT2D eigenvalue weighted by Gasteiger charge is 2.33. The van der Waals surface area contributed by atoms with Crippen LogP contribution < -0.4 is 5.32 Å². The summed E-state index contributed by atoms with van der Waals surface area (Å²) < 4.78 is 40.7. The molecule has 2 aromatic rings. The number of carbonyl (C=O) groups is 1. The maximum absolute atomic E-state index is 13.6. The highest BCUT2D eigenvalue weighted by atomic mass is 19.4. The summed E-state index contributed by atoms with van der Waals surface area (Å²) in [6.07, 6.45) is -0.847. The van der Waals surface area contributed by atoms with Crippen molar-refractivity contribution in [1.82, 2.24) is 14.7 Å². The monoisotopic (exact) mass is 502 g/mol. The first-order chi connectivity index (χ1) is 17.2. The summed E-state index contributed by atoms with van der Waals surface area (Å²) in [5.41, 5.74) is 2.92. The molecule has 2 aromatic carbocycles. The van der Waals surface area contributed by atoms with Crippen molar-refractivity contribution in [2.75, 3.05) is 51.6 Å². The van der Waals surface area contributed by atoms with Crippen molar-refractivity contribution in [2.45, 2.75) is 45.5 Å². The molecule has 0 unspecified atom stereocenters. The Balaban J connectivity index is 1.44. The van der Waals surface area contributed by atoms with Crippen molar-refractivity contribution in [1.29, 1.82) is 0 Å². The molecular weight excluding hydrogens is 465 g/mol. The van der Waals surface area contributed by atoms with Gasteiger partial charge < -0.3 is 15.1 Å². The number of halogens is 3. The quantitative estimate of drug-likeness (QED) is 0.476. The van der Waals surface area contributed by atoms with Gasteiger partial charge in [-0.3, -0.25) is 9.69 Å². The lowest BCUT2D eigenvalue weighted by molar-refractivity contribution is -0.139. The Bertz CT molecular complexity index is 1040. The second-order valence-corrected chi connectivity index (χ2v) is 10.1. The summed E-state index contributed by atoms with van der Waals surface area (Å²) >= 11 is 0. The third-order valence-electron chi connectivity index (χ3n) is 7.32. The van der Waals surface area contributed by atoms with Crippen LogP contribution in [0, 0.1) is 5.92 Å². The van der Waals surface area contributed by atoms with E-state index in [2.05, 4.69) is 16.3 Å². The van der Waals surface area contributed by atoms with Crippen LogP contribution in [0.2, 0.25) is 0 Å². The molecule has 0 saturated heterocycles. The van der Waals surface area contributed by atoms with E-state index in [1.54, 1.807) is 6.07 Å². The van der Waals surface area contributed by atoms with Crippen molar-refractivity contribution < 1.29 is 18.0 Å². The third kappa shape index (κ3) is 7.01. The van der Waals surface area contributed by atoms with Gasteiger partial charge in [0.25, 0.3) is 0 Å². The minimum atomic E-state index is -4.46. The molecule has 0 radical (unpaired) electrons. The Labute approximate surface area is 212 Å². The van der Waals surface area contributed by atoms with E-state index in [4.69, 9.17) is 0 Å². The SMILES string of the molecule is CCN(C)CCN(Cc1ccccc1C(F)(F)F)C(=O)CNc1cccc2c1CCN(CC1CC1)C2. The molecule has 1 heterocycles. The Hall–Kier alpha value is -2.58. The smallest absolute Gasteiger partial charge is 0.376 e. The Morgan fingerprint density at radius 2 is 1.89 bits per heavy atom. The fourth-order valence-electron chi connectivity index (χ4n) is 4.82. The van der Waals surface area contributed by atoms with Gasteiger partial charge >= 0.3 is 6.18 Å². The molecule has 1 N–H and O–H groups in total. The second kappa shape index (κ2) is 11.6. The molecule has 2 aliphatic rings. The average Bonchev–Trinajstić information content (AvgIpc) is 3.68. The minimum absolute atomic E-state index is 0.0479. The largest absolute Gasteiger partial charge is 0.416 e. The predicted molar refractivity (Wildman–Crippen MR) is 137 cm³/mol. The number of anilines is 1. The van der Waals surface area contributed by atoms with Crippen molar-refractivity contribution in [3.05, 3.63) is 64.7 Å². The normalized spacial score (nSPS) is 16.2. The van der Waals surface area contributed by atoms with E-state index >= 15 is 0 Å². The molecule has 1 aliphatic heterocycles. The fraction of sp³-hybridized carbons (Fsp3) is 0.536. The molecule has 4 rings (SSSR count). The van der Waals surface area contributed by atoms with Crippen LogP contribution in [0.4, 0.5) is 18.9 Å². The lowest BCUT2D eigenvalue weighted by atomic mass is 9.97. The molecule has 1 saturated carbocycles. The van der Waals surface area contributed by atoms with Crippen molar-refractivity contribution in [3.8, 4) is 0 Å². The fourth-order valence-corrected chi connectivity index (χ4v) is 4.82. The molecule has 1 fully saturated rings. The minimum Gasteiger partial charge on any atom is -0.376 e. The van der Waals surface area contributed by atoms with Gasteiger partial charge in [-0.2, -0.15) is 13.2 Å². The number of carbonyl (C=O) groups excluding carboxylic acids is 1. The van der Waals surface area contributed by atoms with Gasteiger partial charge in [0.05, 0.1) is 12.1 Å². The van der Waals surface area contributed by atoms with E-state index in [1.807, 2.05) is 31.0 Å². The molecule has 8 heteroatoms. The van der Waals surface area contributed by atoms with Crippen LogP contribution in [0.15, 0.2) is 42.5 Å². The Kier molecular flexibility index (Phi) is 8.57. The van der Waals surface area contributed by atoms with Crippen LogP contribution in [0.1, 0.15) is 42.0 Å². The van der Waals surface area contributed by atoms with Gasteiger partial charge in [0.2, 0.25) is 5.91 Å². The Morgan fingerprint density at radius 1 is 1.11 bits per heavy atom. The van der Waals surface area contributed by atoms with Gasteiger partial charge in [0, 0.05) is 45.0 Å². The van der Waals surface area contributed by atoms with Crippen molar-refractivity contribution in [2.24, 2.45) is 5.92 Å². The number of likely N-dealkylation sites (N-methyl/N-ethyl adjacent to an activating group) is 1. The van der Waals surface area contributed by atoms with Gasteiger partial charge in [-0.1, -0.05) is 37.3 Å². The molecule has 0 bridgehead atoms.